The van der Waals surface area contributed by atoms with E-state index in [4.69, 9.17) is 8.83 Å². The molecule has 5 heteroatoms. The number of rotatable bonds is 7. The zero-order chi connectivity index (χ0) is 37.0. The standard InChI is InChI=1S/C52H34N2O2.B/c1-3-13-36(14-4-1)53(39-27-31-51-46(33-39)44-19-9-11-21-49(44)55-51)38-25-23-35(24-26-38)41-29-30-48(43-18-8-7-17-42(41)43)54(37-15-5-2-6-16-37)40-28-32-52-47(34-40)45-20-10-12-22-50(45)56-52;/h1-34H;. The molecule has 3 radical (unpaired) electrons. The minimum absolute atomic E-state index is 0. The van der Waals surface area contributed by atoms with E-state index in [-0.39, 0.29) is 8.41 Å². The predicted molar refractivity (Wildman–Crippen MR) is 239 cm³/mol. The van der Waals surface area contributed by atoms with E-state index in [1.165, 1.54) is 16.3 Å². The highest BCUT2D eigenvalue weighted by Crippen LogP contribution is 2.44. The van der Waals surface area contributed by atoms with Crippen molar-refractivity contribution in [2.75, 3.05) is 9.80 Å². The van der Waals surface area contributed by atoms with E-state index in [9.17, 15) is 0 Å². The largest absolute Gasteiger partial charge is 0.456 e. The summed E-state index contributed by atoms with van der Waals surface area (Å²) in [7, 11) is 0. The summed E-state index contributed by atoms with van der Waals surface area (Å²) in [6.07, 6.45) is 0. The van der Waals surface area contributed by atoms with Gasteiger partial charge in [-0.2, -0.15) is 0 Å². The Morgan fingerprint density at radius 2 is 0.702 bits per heavy atom. The van der Waals surface area contributed by atoms with E-state index in [0.29, 0.717) is 0 Å². The molecule has 0 atom stereocenters. The van der Waals surface area contributed by atoms with Gasteiger partial charge >= 0.3 is 0 Å². The molecule has 0 amide bonds. The van der Waals surface area contributed by atoms with Crippen LogP contribution in [0.4, 0.5) is 34.1 Å². The first-order chi connectivity index (χ1) is 27.8. The van der Waals surface area contributed by atoms with Gasteiger partial charge in [0.1, 0.15) is 22.3 Å². The fraction of sp³-hybridized carbons (Fsp3) is 0. The minimum Gasteiger partial charge on any atom is -0.456 e. The Labute approximate surface area is 332 Å². The predicted octanol–water partition coefficient (Wildman–Crippen LogP) is 14.9. The third-order valence-corrected chi connectivity index (χ3v) is 10.8. The lowest BCUT2D eigenvalue weighted by Gasteiger charge is -2.28. The van der Waals surface area contributed by atoms with Crippen molar-refractivity contribution in [3.63, 3.8) is 0 Å². The summed E-state index contributed by atoms with van der Waals surface area (Å²) in [4.78, 5) is 4.66. The molecular formula is C52H34BN2O2. The normalized spacial score (nSPS) is 11.4. The summed E-state index contributed by atoms with van der Waals surface area (Å²) in [5.41, 5.74) is 12.4. The van der Waals surface area contributed by atoms with Crippen molar-refractivity contribution >= 4 is 97.2 Å². The molecular weight excluding hydrogens is 695 g/mol. The van der Waals surface area contributed by atoms with E-state index in [2.05, 4.69) is 192 Å². The number of hydrogen-bond donors (Lipinski definition) is 0. The van der Waals surface area contributed by atoms with E-state index in [1.54, 1.807) is 0 Å². The van der Waals surface area contributed by atoms with Crippen molar-refractivity contribution < 1.29 is 8.83 Å². The Kier molecular flexibility index (Phi) is 8.34. The molecule has 0 aliphatic heterocycles. The van der Waals surface area contributed by atoms with Gasteiger partial charge in [-0.05, 0) is 108 Å². The van der Waals surface area contributed by atoms with Gasteiger partial charge < -0.3 is 18.6 Å². The number of furan rings is 2. The lowest BCUT2D eigenvalue weighted by atomic mass is 9.96. The lowest BCUT2D eigenvalue weighted by molar-refractivity contribution is 0.668. The Balaban J connectivity index is 0.00000396. The summed E-state index contributed by atoms with van der Waals surface area (Å²) < 4.78 is 12.4. The van der Waals surface area contributed by atoms with Crippen LogP contribution >= 0.6 is 0 Å². The molecule has 11 aromatic rings. The van der Waals surface area contributed by atoms with E-state index >= 15 is 0 Å². The fourth-order valence-electron chi connectivity index (χ4n) is 8.25. The van der Waals surface area contributed by atoms with Gasteiger partial charge in [0.2, 0.25) is 0 Å². The number of fused-ring (bicyclic) bond motifs is 7. The van der Waals surface area contributed by atoms with Crippen molar-refractivity contribution in [3.8, 4) is 11.1 Å². The molecule has 11 rings (SSSR count). The zero-order valence-corrected chi connectivity index (χ0v) is 30.9. The maximum Gasteiger partial charge on any atom is 0.135 e. The van der Waals surface area contributed by atoms with Crippen LogP contribution in [-0.4, -0.2) is 8.41 Å². The Morgan fingerprint density at radius 3 is 1.28 bits per heavy atom. The molecule has 2 aromatic heterocycles. The quantitative estimate of drug-likeness (QED) is 0.153. The maximum absolute atomic E-state index is 6.21. The number of hydrogen-bond acceptors (Lipinski definition) is 4. The third-order valence-electron chi connectivity index (χ3n) is 10.8. The molecule has 0 saturated carbocycles. The van der Waals surface area contributed by atoms with Gasteiger partial charge in [-0.25, -0.2) is 0 Å². The average Bonchev–Trinajstić information content (AvgIpc) is 3.83. The molecule has 0 N–H and O–H groups in total. The summed E-state index contributed by atoms with van der Waals surface area (Å²) in [5, 5.41) is 6.78. The highest BCUT2D eigenvalue weighted by Gasteiger charge is 2.20. The number of nitrogens with zero attached hydrogens (tertiary/aromatic N) is 2. The second-order valence-corrected chi connectivity index (χ2v) is 14.1. The van der Waals surface area contributed by atoms with Gasteiger partial charge in [-0.3, -0.25) is 0 Å². The summed E-state index contributed by atoms with van der Waals surface area (Å²) >= 11 is 0. The fourth-order valence-corrected chi connectivity index (χ4v) is 8.25. The van der Waals surface area contributed by atoms with Crippen LogP contribution in [0.15, 0.2) is 215 Å². The van der Waals surface area contributed by atoms with Gasteiger partial charge in [-0.1, -0.05) is 115 Å². The molecule has 9 aromatic carbocycles. The number of para-hydroxylation sites is 4. The van der Waals surface area contributed by atoms with Crippen LogP contribution in [0.5, 0.6) is 0 Å². The van der Waals surface area contributed by atoms with Gasteiger partial charge in [0.15, 0.2) is 0 Å². The van der Waals surface area contributed by atoms with Crippen molar-refractivity contribution in [1.29, 1.82) is 0 Å². The van der Waals surface area contributed by atoms with Crippen molar-refractivity contribution in [2.45, 2.75) is 0 Å². The molecule has 0 aliphatic rings. The van der Waals surface area contributed by atoms with Crippen LogP contribution in [0.2, 0.25) is 0 Å². The molecule has 4 nitrogen and oxygen atoms in total. The monoisotopic (exact) mass is 729 g/mol. The molecule has 0 aliphatic carbocycles. The summed E-state index contributed by atoms with van der Waals surface area (Å²) in [5.74, 6) is 0. The number of anilines is 6. The first-order valence-electron chi connectivity index (χ1n) is 18.9. The van der Waals surface area contributed by atoms with Gasteiger partial charge in [0, 0.05) is 63.8 Å². The molecule has 0 bridgehead atoms. The molecule has 0 spiro atoms. The first kappa shape index (κ1) is 34.0. The molecule has 267 valence electrons. The van der Waals surface area contributed by atoms with Crippen molar-refractivity contribution in [3.05, 3.63) is 206 Å². The highest BCUT2D eigenvalue weighted by atomic mass is 16.3. The Hall–Kier alpha value is -7.50. The summed E-state index contributed by atoms with van der Waals surface area (Å²) in [6.45, 7) is 0. The van der Waals surface area contributed by atoms with E-state index in [1.807, 2.05) is 24.3 Å². The van der Waals surface area contributed by atoms with Crippen molar-refractivity contribution in [1.82, 2.24) is 0 Å². The lowest BCUT2D eigenvalue weighted by Crippen LogP contribution is -2.10. The smallest absolute Gasteiger partial charge is 0.135 e. The van der Waals surface area contributed by atoms with Gasteiger partial charge in [0.25, 0.3) is 0 Å². The zero-order valence-electron chi connectivity index (χ0n) is 30.9. The Morgan fingerprint density at radius 1 is 0.281 bits per heavy atom. The van der Waals surface area contributed by atoms with Gasteiger partial charge in [0.05, 0.1) is 5.69 Å². The molecule has 57 heavy (non-hydrogen) atoms. The van der Waals surface area contributed by atoms with Gasteiger partial charge in [-0.15, -0.1) is 0 Å². The average molecular weight is 730 g/mol. The molecule has 0 unspecified atom stereocenters. The Bertz CT molecular complexity index is 3210. The molecule has 0 fully saturated rings. The minimum atomic E-state index is 0. The third kappa shape index (κ3) is 5.80. The number of benzene rings is 9. The van der Waals surface area contributed by atoms with Crippen molar-refractivity contribution in [2.24, 2.45) is 0 Å². The maximum atomic E-state index is 6.21. The second kappa shape index (κ2) is 14.0. The van der Waals surface area contributed by atoms with Crippen LogP contribution in [-0.2, 0) is 0 Å². The molecule has 2 heterocycles. The van der Waals surface area contributed by atoms with E-state index < -0.39 is 0 Å². The van der Waals surface area contributed by atoms with Crippen LogP contribution in [0, 0.1) is 0 Å². The van der Waals surface area contributed by atoms with E-state index in [0.717, 1.165) is 83.6 Å². The van der Waals surface area contributed by atoms with Crippen LogP contribution in [0.3, 0.4) is 0 Å². The SMILES string of the molecule is [B].c1ccc(N(c2ccc(-c3ccc(N(c4ccccc4)c4ccc5oc6ccccc6c5c4)c4ccccc34)cc2)c2ccc3oc4ccccc4c3c2)cc1. The van der Waals surface area contributed by atoms with Crippen LogP contribution < -0.4 is 9.80 Å². The molecule has 0 saturated heterocycles. The second-order valence-electron chi connectivity index (χ2n) is 14.1. The topological polar surface area (TPSA) is 32.8 Å². The first-order valence-corrected chi connectivity index (χ1v) is 18.9. The summed E-state index contributed by atoms with van der Waals surface area (Å²) in [6, 6.07) is 72.8. The highest BCUT2D eigenvalue weighted by molar-refractivity contribution is 6.10. The van der Waals surface area contributed by atoms with Crippen LogP contribution in [0.25, 0.3) is 65.8 Å². The van der Waals surface area contributed by atoms with Crippen LogP contribution in [0.1, 0.15) is 0 Å².